The Hall–Kier alpha value is -0.610. The van der Waals surface area contributed by atoms with Gasteiger partial charge in [-0.25, -0.2) is 0 Å². The van der Waals surface area contributed by atoms with Crippen molar-refractivity contribution in [1.82, 2.24) is 0 Å². The summed E-state index contributed by atoms with van der Waals surface area (Å²) in [6.45, 7) is 6.52. The Bertz CT molecular complexity index is 288. The van der Waals surface area contributed by atoms with Crippen LogP contribution in [-0.4, -0.2) is 28.3 Å². The summed E-state index contributed by atoms with van der Waals surface area (Å²) in [4.78, 5) is 10.3. The lowest BCUT2D eigenvalue weighted by molar-refractivity contribution is -0.137. The number of nitrogens with two attached hydrogens (primary N) is 1. The third-order valence-corrected chi connectivity index (χ3v) is 4.49. The fraction of sp³-hybridized carbons (Fsp3) is 0.955. The molecule has 0 bridgehead atoms. The summed E-state index contributed by atoms with van der Waals surface area (Å²) in [5.41, 5.74) is 4.70. The highest BCUT2D eigenvalue weighted by atomic mass is 16.4. The van der Waals surface area contributed by atoms with Crippen molar-refractivity contribution in [3.8, 4) is 0 Å². The molecule has 4 N–H and O–H groups in total. The van der Waals surface area contributed by atoms with E-state index in [0.29, 0.717) is 13.0 Å². The van der Waals surface area contributed by atoms with Crippen LogP contribution in [0.5, 0.6) is 0 Å². The number of aliphatic carboxylic acids is 1. The molecule has 0 aliphatic heterocycles. The van der Waals surface area contributed by atoms with Crippen LogP contribution in [0.4, 0.5) is 0 Å². The van der Waals surface area contributed by atoms with Crippen LogP contribution in [0.25, 0.3) is 0 Å². The molecule has 4 nitrogen and oxygen atoms in total. The molecule has 4 heteroatoms. The number of unbranched alkanes of at least 4 members (excludes halogenated alkanes) is 12. The van der Waals surface area contributed by atoms with Crippen molar-refractivity contribution in [3.63, 3.8) is 0 Å². The summed E-state index contributed by atoms with van der Waals surface area (Å²) in [7, 11) is 0. The Morgan fingerprint density at radius 1 is 0.769 bits per heavy atom. The molecule has 0 spiro atoms. The maximum Gasteiger partial charge on any atom is 0.303 e. The molecule has 158 valence electrons. The Balaban J connectivity index is 0. The zero-order chi connectivity index (χ0) is 20.1. The van der Waals surface area contributed by atoms with Crippen LogP contribution >= 0.6 is 0 Å². The van der Waals surface area contributed by atoms with Gasteiger partial charge in [0.1, 0.15) is 0 Å². The van der Waals surface area contributed by atoms with Crippen molar-refractivity contribution >= 4 is 5.97 Å². The maximum atomic E-state index is 10.3. The first kappa shape index (κ1) is 27.6. The second kappa shape index (κ2) is 20.7. The topological polar surface area (TPSA) is 83.5 Å². The van der Waals surface area contributed by atoms with E-state index in [1.807, 2.05) is 0 Å². The van der Waals surface area contributed by atoms with E-state index < -0.39 is 11.6 Å². The van der Waals surface area contributed by atoms with E-state index in [1.165, 1.54) is 70.6 Å². The van der Waals surface area contributed by atoms with Crippen LogP contribution in [0.15, 0.2) is 0 Å². The molecule has 0 rings (SSSR count). The fourth-order valence-corrected chi connectivity index (χ4v) is 2.83. The molecule has 0 saturated carbocycles. The predicted octanol–water partition coefficient (Wildman–Crippen LogP) is 6.05. The van der Waals surface area contributed by atoms with Gasteiger partial charge in [-0.2, -0.15) is 0 Å². The highest BCUT2D eigenvalue weighted by Gasteiger charge is 2.09. The Morgan fingerprint density at radius 2 is 1.15 bits per heavy atom. The molecule has 0 aromatic rings. The van der Waals surface area contributed by atoms with E-state index in [0.717, 1.165) is 25.7 Å². The molecule has 0 unspecified atom stereocenters. The minimum Gasteiger partial charge on any atom is -0.481 e. The van der Waals surface area contributed by atoms with Gasteiger partial charge in [0.2, 0.25) is 0 Å². The van der Waals surface area contributed by atoms with E-state index in [4.69, 9.17) is 15.9 Å². The maximum absolute atomic E-state index is 10.3. The molecule has 0 aliphatic carbocycles. The standard InChI is InChI=1S/C16H32O2.C6H15NO/c1-2-3-4-5-6-7-8-9-10-11-12-13-14-15-16(17)18;1-6(2,8)4-3-5-7/h2-15H2,1H3,(H,17,18);8H,3-5,7H2,1-2H3. The first-order valence-corrected chi connectivity index (χ1v) is 11.0. The lowest BCUT2D eigenvalue weighted by Gasteiger charge is -2.15. The molecule has 0 saturated heterocycles. The van der Waals surface area contributed by atoms with Crippen molar-refractivity contribution < 1.29 is 15.0 Å². The molecule has 0 amide bonds. The van der Waals surface area contributed by atoms with E-state index in [9.17, 15) is 4.79 Å². The van der Waals surface area contributed by atoms with Gasteiger partial charge in [0.05, 0.1) is 5.60 Å². The molecule has 26 heavy (non-hydrogen) atoms. The number of hydrogen-bond acceptors (Lipinski definition) is 3. The van der Waals surface area contributed by atoms with Gasteiger partial charge < -0.3 is 15.9 Å². The predicted molar refractivity (Wildman–Crippen MR) is 113 cm³/mol. The molecule has 0 heterocycles. The van der Waals surface area contributed by atoms with Gasteiger partial charge >= 0.3 is 5.97 Å². The van der Waals surface area contributed by atoms with E-state index in [1.54, 1.807) is 13.8 Å². The molecule has 0 atom stereocenters. The van der Waals surface area contributed by atoms with E-state index >= 15 is 0 Å². The first-order valence-electron chi connectivity index (χ1n) is 11.0. The summed E-state index contributed by atoms with van der Waals surface area (Å²) < 4.78 is 0. The van der Waals surface area contributed by atoms with Gasteiger partial charge in [-0.1, -0.05) is 84.0 Å². The molecule has 0 aromatic carbocycles. The van der Waals surface area contributed by atoms with Crippen molar-refractivity contribution in [3.05, 3.63) is 0 Å². The van der Waals surface area contributed by atoms with Gasteiger partial charge in [-0.15, -0.1) is 0 Å². The Morgan fingerprint density at radius 3 is 1.42 bits per heavy atom. The fourth-order valence-electron chi connectivity index (χ4n) is 2.83. The zero-order valence-corrected chi connectivity index (χ0v) is 17.9. The largest absolute Gasteiger partial charge is 0.481 e. The molecule has 0 aliphatic rings. The normalized spacial score (nSPS) is 11.1. The highest BCUT2D eigenvalue weighted by Crippen LogP contribution is 2.12. The summed E-state index contributed by atoms with van der Waals surface area (Å²) in [6, 6.07) is 0. The van der Waals surface area contributed by atoms with Crippen molar-refractivity contribution in [2.24, 2.45) is 5.73 Å². The van der Waals surface area contributed by atoms with Gasteiger partial charge in [0.25, 0.3) is 0 Å². The van der Waals surface area contributed by atoms with Gasteiger partial charge in [-0.3, -0.25) is 4.79 Å². The van der Waals surface area contributed by atoms with E-state index in [-0.39, 0.29) is 0 Å². The van der Waals surface area contributed by atoms with Crippen molar-refractivity contribution in [2.45, 2.75) is 129 Å². The number of carboxylic acids is 1. The molecule has 0 aromatic heterocycles. The summed E-state index contributed by atoms with van der Waals surface area (Å²) in [5, 5.41) is 17.6. The Labute approximate surface area is 162 Å². The lowest BCUT2D eigenvalue weighted by Crippen LogP contribution is -2.19. The lowest BCUT2D eigenvalue weighted by atomic mass is 10.0. The zero-order valence-electron chi connectivity index (χ0n) is 17.9. The average Bonchev–Trinajstić information content (AvgIpc) is 2.57. The van der Waals surface area contributed by atoms with Crippen LogP contribution < -0.4 is 5.73 Å². The monoisotopic (exact) mass is 373 g/mol. The number of aliphatic hydroxyl groups is 1. The van der Waals surface area contributed by atoms with Crippen LogP contribution in [0.3, 0.4) is 0 Å². The van der Waals surface area contributed by atoms with Crippen LogP contribution in [0.1, 0.15) is 124 Å². The summed E-state index contributed by atoms with van der Waals surface area (Å²) in [5.74, 6) is -0.655. The summed E-state index contributed by atoms with van der Waals surface area (Å²) in [6.07, 6.45) is 19.0. The summed E-state index contributed by atoms with van der Waals surface area (Å²) >= 11 is 0. The second-order valence-electron chi connectivity index (χ2n) is 8.09. The van der Waals surface area contributed by atoms with Crippen LogP contribution in [-0.2, 0) is 4.79 Å². The first-order chi connectivity index (χ1) is 12.3. The molecular weight excluding hydrogens is 326 g/mol. The average molecular weight is 374 g/mol. The van der Waals surface area contributed by atoms with Crippen LogP contribution in [0, 0.1) is 0 Å². The quantitative estimate of drug-likeness (QED) is 0.271. The highest BCUT2D eigenvalue weighted by molar-refractivity contribution is 5.66. The smallest absolute Gasteiger partial charge is 0.303 e. The van der Waals surface area contributed by atoms with Crippen molar-refractivity contribution in [1.29, 1.82) is 0 Å². The number of hydrogen-bond donors (Lipinski definition) is 3. The second-order valence-corrected chi connectivity index (χ2v) is 8.09. The third kappa shape index (κ3) is 31.2. The van der Waals surface area contributed by atoms with Crippen molar-refractivity contribution in [2.75, 3.05) is 6.54 Å². The molecule has 0 radical (unpaired) electrons. The van der Waals surface area contributed by atoms with Gasteiger partial charge in [0, 0.05) is 6.42 Å². The minimum atomic E-state index is -0.655. The Kier molecular flexibility index (Phi) is 22.0. The minimum absolute atomic E-state index is 0.345. The number of carbonyl (C=O) groups is 1. The van der Waals surface area contributed by atoms with Gasteiger partial charge in [-0.05, 0) is 39.7 Å². The number of rotatable bonds is 17. The molecule has 0 fully saturated rings. The SMILES string of the molecule is CC(C)(O)CCCN.CCCCCCCCCCCCCCCC(=O)O. The van der Waals surface area contributed by atoms with Gasteiger partial charge in [0.15, 0.2) is 0 Å². The number of carboxylic acid groups (broad SMARTS) is 1. The van der Waals surface area contributed by atoms with Crippen LogP contribution in [0.2, 0.25) is 0 Å². The van der Waals surface area contributed by atoms with E-state index in [2.05, 4.69) is 6.92 Å². The molecular formula is C22H47NO3. The third-order valence-electron chi connectivity index (χ3n) is 4.49.